The van der Waals surface area contributed by atoms with E-state index in [0.717, 1.165) is 12.8 Å². The highest BCUT2D eigenvalue weighted by Gasteiger charge is 2.25. The minimum Gasteiger partial charge on any atom is -0.351 e. The molecule has 1 aliphatic rings. The summed E-state index contributed by atoms with van der Waals surface area (Å²) in [7, 11) is 0. The van der Waals surface area contributed by atoms with Gasteiger partial charge in [-0.2, -0.15) is 0 Å². The molecule has 25 heavy (non-hydrogen) atoms. The van der Waals surface area contributed by atoms with Gasteiger partial charge < -0.3 is 9.47 Å². The fourth-order valence-electron chi connectivity index (χ4n) is 3.25. The zero-order chi connectivity index (χ0) is 17.2. The molecule has 128 valence electrons. The van der Waals surface area contributed by atoms with Crippen molar-refractivity contribution < 1.29 is 9.18 Å². The van der Waals surface area contributed by atoms with Gasteiger partial charge in [0.05, 0.1) is 0 Å². The average molecular weight is 355 g/mol. The second kappa shape index (κ2) is 6.80. The van der Waals surface area contributed by atoms with Crippen LogP contribution in [-0.4, -0.2) is 33.4 Å². The summed E-state index contributed by atoms with van der Waals surface area (Å²) in [5.41, 5.74) is 0.848. The van der Waals surface area contributed by atoms with E-state index in [-0.39, 0.29) is 11.7 Å². The van der Waals surface area contributed by atoms with Crippen LogP contribution in [0.2, 0.25) is 0 Å². The first-order valence-electron chi connectivity index (χ1n) is 8.34. The lowest BCUT2D eigenvalue weighted by atomic mass is 10.0. The topological polar surface area (TPSA) is 38.1 Å². The van der Waals surface area contributed by atoms with Gasteiger partial charge in [-0.05, 0) is 37.1 Å². The van der Waals surface area contributed by atoms with Crippen molar-refractivity contribution in [3.05, 3.63) is 65.7 Å². The van der Waals surface area contributed by atoms with E-state index in [4.69, 9.17) is 0 Å². The Kier molecular flexibility index (Phi) is 4.36. The number of halogens is 1. The summed E-state index contributed by atoms with van der Waals surface area (Å²) in [5, 5.41) is 2.27. The van der Waals surface area contributed by atoms with Gasteiger partial charge in [0.1, 0.15) is 16.5 Å². The van der Waals surface area contributed by atoms with Crippen molar-refractivity contribution in [1.82, 2.24) is 14.5 Å². The average Bonchev–Trinajstić information content (AvgIpc) is 3.34. The van der Waals surface area contributed by atoms with Gasteiger partial charge in [-0.15, -0.1) is 11.3 Å². The van der Waals surface area contributed by atoms with Crippen molar-refractivity contribution in [2.24, 2.45) is 0 Å². The zero-order valence-corrected chi connectivity index (χ0v) is 14.5. The third kappa shape index (κ3) is 3.22. The number of carbonyl (C=O) groups excluding carboxylic acids is 1. The molecule has 1 fully saturated rings. The molecule has 3 heterocycles. The standard InChI is InChI=1S/C19H18FN3OS/c20-16-6-2-1-5-15(16)18-21-17(13-25-18)19(24)23-11-7-14(8-12-23)22-9-3-4-10-22/h1-6,9-10,13-14H,7-8,11-12H2. The Morgan fingerprint density at radius 3 is 2.56 bits per heavy atom. The van der Waals surface area contributed by atoms with Gasteiger partial charge >= 0.3 is 0 Å². The molecule has 0 spiro atoms. The first-order chi connectivity index (χ1) is 12.2. The smallest absolute Gasteiger partial charge is 0.273 e. The maximum atomic E-state index is 13.9. The molecular weight excluding hydrogens is 337 g/mol. The molecule has 6 heteroatoms. The Bertz CT molecular complexity index is 866. The number of carbonyl (C=O) groups is 1. The molecule has 0 N–H and O–H groups in total. The summed E-state index contributed by atoms with van der Waals surface area (Å²) in [6.45, 7) is 1.43. The van der Waals surface area contributed by atoms with E-state index in [1.54, 1.807) is 23.6 Å². The third-order valence-corrected chi connectivity index (χ3v) is 5.50. The second-order valence-electron chi connectivity index (χ2n) is 6.17. The Morgan fingerprint density at radius 2 is 1.84 bits per heavy atom. The van der Waals surface area contributed by atoms with E-state index in [1.165, 1.54) is 17.4 Å². The predicted molar refractivity (Wildman–Crippen MR) is 96.1 cm³/mol. The number of benzene rings is 1. The van der Waals surface area contributed by atoms with Crippen molar-refractivity contribution in [3.63, 3.8) is 0 Å². The molecule has 1 aromatic carbocycles. The normalized spacial score (nSPS) is 15.5. The lowest BCUT2D eigenvalue weighted by molar-refractivity contribution is 0.0689. The fourth-order valence-corrected chi connectivity index (χ4v) is 4.07. The monoisotopic (exact) mass is 355 g/mol. The van der Waals surface area contributed by atoms with Crippen molar-refractivity contribution in [1.29, 1.82) is 0 Å². The first-order valence-corrected chi connectivity index (χ1v) is 9.22. The SMILES string of the molecule is O=C(c1csc(-c2ccccc2F)n1)N1CCC(n2cccc2)CC1. The summed E-state index contributed by atoms with van der Waals surface area (Å²) in [6, 6.07) is 11.0. The molecule has 1 saturated heterocycles. The van der Waals surface area contributed by atoms with E-state index in [1.807, 2.05) is 17.0 Å². The Hall–Kier alpha value is -2.47. The molecule has 0 radical (unpaired) electrons. The van der Waals surface area contributed by atoms with Crippen LogP contribution in [-0.2, 0) is 0 Å². The summed E-state index contributed by atoms with van der Waals surface area (Å²) in [4.78, 5) is 18.9. The lowest BCUT2D eigenvalue weighted by Gasteiger charge is -2.32. The van der Waals surface area contributed by atoms with Crippen LogP contribution < -0.4 is 0 Å². The van der Waals surface area contributed by atoms with Crippen LogP contribution in [0.4, 0.5) is 4.39 Å². The highest BCUT2D eigenvalue weighted by molar-refractivity contribution is 7.13. The van der Waals surface area contributed by atoms with E-state index < -0.39 is 0 Å². The maximum Gasteiger partial charge on any atom is 0.273 e. The van der Waals surface area contributed by atoms with Gasteiger partial charge in [0.25, 0.3) is 5.91 Å². The molecule has 0 unspecified atom stereocenters. The predicted octanol–water partition coefficient (Wildman–Crippen LogP) is 4.23. The summed E-state index contributed by atoms with van der Waals surface area (Å²) in [6.07, 6.45) is 6.02. The number of rotatable bonds is 3. The second-order valence-corrected chi connectivity index (χ2v) is 7.03. The van der Waals surface area contributed by atoms with Crippen LogP contribution >= 0.6 is 11.3 Å². The fraction of sp³-hybridized carbons (Fsp3) is 0.263. The number of thiazole rings is 1. The largest absolute Gasteiger partial charge is 0.351 e. The highest BCUT2D eigenvalue weighted by atomic mass is 32.1. The van der Waals surface area contributed by atoms with Gasteiger partial charge in [0.2, 0.25) is 0 Å². The van der Waals surface area contributed by atoms with Gasteiger partial charge in [0, 0.05) is 42.5 Å². The van der Waals surface area contributed by atoms with E-state index in [0.29, 0.717) is 35.4 Å². The third-order valence-electron chi connectivity index (χ3n) is 4.63. The molecule has 0 atom stereocenters. The number of aromatic nitrogens is 2. The maximum absolute atomic E-state index is 13.9. The Labute approximate surface area is 149 Å². The number of hydrogen-bond acceptors (Lipinski definition) is 3. The molecular formula is C19H18FN3OS. The minimum atomic E-state index is -0.316. The molecule has 0 bridgehead atoms. The van der Waals surface area contributed by atoms with Gasteiger partial charge in [-0.25, -0.2) is 9.37 Å². The number of nitrogens with zero attached hydrogens (tertiary/aromatic N) is 3. The van der Waals surface area contributed by atoms with E-state index in [9.17, 15) is 9.18 Å². The highest BCUT2D eigenvalue weighted by Crippen LogP contribution is 2.28. The zero-order valence-electron chi connectivity index (χ0n) is 13.6. The number of amides is 1. The Balaban J connectivity index is 1.45. The number of hydrogen-bond donors (Lipinski definition) is 0. The van der Waals surface area contributed by atoms with Crippen molar-refractivity contribution in [2.45, 2.75) is 18.9 Å². The van der Waals surface area contributed by atoms with Crippen molar-refractivity contribution >= 4 is 17.2 Å². The van der Waals surface area contributed by atoms with Gasteiger partial charge in [-0.1, -0.05) is 12.1 Å². The molecule has 0 saturated carbocycles. The van der Waals surface area contributed by atoms with Crippen molar-refractivity contribution in [2.75, 3.05) is 13.1 Å². The summed E-state index contributed by atoms with van der Waals surface area (Å²) in [5.74, 6) is -0.381. The number of piperidine rings is 1. The lowest BCUT2D eigenvalue weighted by Crippen LogP contribution is -2.39. The molecule has 0 aliphatic carbocycles. The van der Waals surface area contributed by atoms with E-state index >= 15 is 0 Å². The molecule has 4 nitrogen and oxygen atoms in total. The quantitative estimate of drug-likeness (QED) is 0.705. The van der Waals surface area contributed by atoms with Crippen LogP contribution in [0.3, 0.4) is 0 Å². The molecule has 1 amide bonds. The van der Waals surface area contributed by atoms with Crippen LogP contribution in [0.25, 0.3) is 10.6 Å². The minimum absolute atomic E-state index is 0.0650. The van der Waals surface area contributed by atoms with Gasteiger partial charge in [0.15, 0.2) is 0 Å². The van der Waals surface area contributed by atoms with Gasteiger partial charge in [-0.3, -0.25) is 4.79 Å². The first kappa shape index (κ1) is 16.0. The molecule has 2 aromatic heterocycles. The van der Waals surface area contributed by atoms with Crippen LogP contribution in [0.5, 0.6) is 0 Å². The summed E-state index contributed by atoms with van der Waals surface area (Å²) < 4.78 is 16.1. The van der Waals surface area contributed by atoms with Crippen LogP contribution in [0.1, 0.15) is 29.4 Å². The van der Waals surface area contributed by atoms with Crippen LogP contribution in [0.15, 0.2) is 54.2 Å². The summed E-state index contributed by atoms with van der Waals surface area (Å²) >= 11 is 1.30. The number of likely N-dealkylation sites (tertiary alicyclic amines) is 1. The van der Waals surface area contributed by atoms with Crippen molar-refractivity contribution in [3.8, 4) is 10.6 Å². The molecule has 3 aromatic rings. The molecule has 4 rings (SSSR count). The molecule has 1 aliphatic heterocycles. The van der Waals surface area contributed by atoms with E-state index in [2.05, 4.69) is 21.9 Å². The van der Waals surface area contributed by atoms with Crippen LogP contribution in [0, 0.1) is 5.82 Å². The Morgan fingerprint density at radius 1 is 1.12 bits per heavy atom.